The molecule has 0 fully saturated rings. The molecule has 0 saturated heterocycles. The number of nitrogens with zero attached hydrogens (tertiary/aromatic N) is 1. The van der Waals surface area contributed by atoms with Crippen LogP contribution >= 0.6 is 0 Å². The summed E-state index contributed by atoms with van der Waals surface area (Å²) < 4.78 is 5.53. The van der Waals surface area contributed by atoms with E-state index in [0.29, 0.717) is 12.8 Å². The molecule has 7 nitrogen and oxygen atoms in total. The highest BCUT2D eigenvalue weighted by Crippen LogP contribution is 2.44. The zero-order valence-electron chi connectivity index (χ0n) is 21.2. The van der Waals surface area contributed by atoms with E-state index in [0.717, 1.165) is 11.1 Å². The van der Waals surface area contributed by atoms with Crippen LogP contribution in [0.5, 0.6) is 0 Å². The predicted molar refractivity (Wildman–Crippen MR) is 135 cm³/mol. The molecule has 35 heavy (non-hydrogen) atoms. The number of fused-ring (bicyclic) bond motifs is 3. The summed E-state index contributed by atoms with van der Waals surface area (Å²) in [6.07, 6.45) is 0.209. The Hall–Kier alpha value is -3.35. The minimum absolute atomic E-state index is 0.0157. The van der Waals surface area contributed by atoms with Crippen LogP contribution in [-0.4, -0.2) is 54.2 Å². The number of rotatable bonds is 9. The molecule has 2 aromatic carbocycles. The Morgan fingerprint density at radius 3 is 2.09 bits per heavy atom. The van der Waals surface area contributed by atoms with Gasteiger partial charge in [-0.3, -0.25) is 4.79 Å². The van der Waals surface area contributed by atoms with Gasteiger partial charge in [0.15, 0.2) is 0 Å². The lowest BCUT2D eigenvalue weighted by Crippen LogP contribution is -2.46. The van der Waals surface area contributed by atoms with Gasteiger partial charge in [-0.15, -0.1) is 0 Å². The third-order valence-corrected chi connectivity index (χ3v) is 6.52. The number of likely N-dealkylation sites (N-methyl/N-ethyl adjacent to an activating group) is 1. The van der Waals surface area contributed by atoms with Crippen LogP contribution in [0.3, 0.4) is 0 Å². The molecule has 0 spiro atoms. The molecular weight excluding hydrogens is 444 g/mol. The van der Waals surface area contributed by atoms with Gasteiger partial charge in [-0.25, -0.2) is 9.59 Å². The fourth-order valence-electron chi connectivity index (χ4n) is 4.63. The van der Waals surface area contributed by atoms with Gasteiger partial charge in [-0.05, 0) is 40.5 Å². The molecule has 2 aromatic rings. The smallest absolute Gasteiger partial charge is 0.407 e. The van der Waals surface area contributed by atoms with Gasteiger partial charge in [0.1, 0.15) is 12.6 Å². The maximum Gasteiger partial charge on any atom is 0.407 e. The van der Waals surface area contributed by atoms with Crippen molar-refractivity contribution < 1.29 is 24.2 Å². The van der Waals surface area contributed by atoms with Crippen LogP contribution in [0.15, 0.2) is 48.5 Å². The van der Waals surface area contributed by atoms with Crippen molar-refractivity contribution in [2.75, 3.05) is 20.2 Å². The Morgan fingerprint density at radius 1 is 1.03 bits per heavy atom. The summed E-state index contributed by atoms with van der Waals surface area (Å²) in [5, 5.41) is 12.3. The number of amides is 2. The second-order valence-corrected chi connectivity index (χ2v) is 10.5. The van der Waals surface area contributed by atoms with Gasteiger partial charge in [0, 0.05) is 25.4 Å². The van der Waals surface area contributed by atoms with E-state index >= 15 is 0 Å². The standard InChI is InChI=1S/C28H36N2O5/c1-18(25(31)30(5)24(26(32)33)16-28(2,3)4)14-15-29-27(34)35-17-23-21-12-8-6-10-19(21)20-11-7-9-13-22(20)23/h6-13,18,23-24H,14-17H2,1-5H3,(H,29,34)(H,32,33). The molecule has 0 bridgehead atoms. The summed E-state index contributed by atoms with van der Waals surface area (Å²) in [4.78, 5) is 38.2. The molecule has 0 radical (unpaired) electrons. The number of carbonyl (C=O) groups excluding carboxylic acids is 2. The summed E-state index contributed by atoms with van der Waals surface area (Å²) in [5.41, 5.74) is 4.39. The van der Waals surface area contributed by atoms with Crippen LogP contribution in [0.25, 0.3) is 11.1 Å². The molecule has 2 N–H and O–H groups in total. The molecule has 0 aromatic heterocycles. The maximum atomic E-state index is 12.8. The van der Waals surface area contributed by atoms with E-state index in [1.165, 1.54) is 23.1 Å². The Kier molecular flexibility index (Phi) is 8.20. The number of benzene rings is 2. The lowest BCUT2D eigenvalue weighted by molar-refractivity contribution is -0.151. The van der Waals surface area contributed by atoms with Gasteiger partial charge in [0.05, 0.1) is 0 Å². The molecule has 1 aliphatic carbocycles. The molecule has 3 rings (SSSR count). The van der Waals surface area contributed by atoms with Gasteiger partial charge in [-0.1, -0.05) is 76.2 Å². The molecule has 0 aliphatic heterocycles. The van der Waals surface area contributed by atoms with Crippen molar-refractivity contribution in [3.05, 3.63) is 59.7 Å². The summed E-state index contributed by atoms with van der Waals surface area (Å²) in [6.45, 7) is 8.07. The first-order valence-electron chi connectivity index (χ1n) is 12.1. The van der Waals surface area contributed by atoms with Crippen LogP contribution in [0.4, 0.5) is 4.79 Å². The van der Waals surface area contributed by atoms with Crippen molar-refractivity contribution in [2.24, 2.45) is 11.3 Å². The summed E-state index contributed by atoms with van der Waals surface area (Å²) in [5.74, 6) is -1.72. The minimum Gasteiger partial charge on any atom is -0.480 e. The Morgan fingerprint density at radius 2 is 1.57 bits per heavy atom. The second-order valence-electron chi connectivity index (χ2n) is 10.5. The zero-order valence-corrected chi connectivity index (χ0v) is 21.2. The fraction of sp³-hybridized carbons (Fsp3) is 0.464. The van der Waals surface area contributed by atoms with Crippen molar-refractivity contribution >= 4 is 18.0 Å². The molecule has 0 heterocycles. The van der Waals surface area contributed by atoms with Gasteiger partial charge in [0.25, 0.3) is 0 Å². The molecule has 0 saturated carbocycles. The quantitative estimate of drug-likeness (QED) is 0.532. The molecule has 2 amide bonds. The molecule has 7 heteroatoms. The summed E-state index contributed by atoms with van der Waals surface area (Å²) in [7, 11) is 1.53. The van der Waals surface area contributed by atoms with Crippen molar-refractivity contribution in [2.45, 2.75) is 52.5 Å². The van der Waals surface area contributed by atoms with Gasteiger partial charge >= 0.3 is 12.1 Å². The van der Waals surface area contributed by atoms with E-state index in [2.05, 4.69) is 29.6 Å². The molecule has 2 atom stereocenters. The molecular formula is C28H36N2O5. The highest BCUT2D eigenvalue weighted by molar-refractivity contribution is 5.84. The maximum absolute atomic E-state index is 12.8. The van der Waals surface area contributed by atoms with E-state index in [9.17, 15) is 19.5 Å². The Labute approximate surface area is 207 Å². The van der Waals surface area contributed by atoms with Gasteiger partial charge in [0.2, 0.25) is 5.91 Å². The van der Waals surface area contributed by atoms with Crippen LogP contribution in [0.1, 0.15) is 57.6 Å². The van der Waals surface area contributed by atoms with Crippen molar-refractivity contribution in [1.82, 2.24) is 10.2 Å². The number of nitrogens with one attached hydrogen (secondary N) is 1. The average Bonchev–Trinajstić information content (AvgIpc) is 3.13. The Bertz CT molecular complexity index is 1030. The highest BCUT2D eigenvalue weighted by Gasteiger charge is 2.33. The molecule has 1 aliphatic rings. The van der Waals surface area contributed by atoms with Crippen molar-refractivity contribution in [1.29, 1.82) is 0 Å². The number of carbonyl (C=O) groups is 3. The van der Waals surface area contributed by atoms with E-state index < -0.39 is 24.0 Å². The molecule has 188 valence electrons. The zero-order chi connectivity index (χ0) is 25.8. The number of ether oxygens (including phenoxy) is 1. The van der Waals surface area contributed by atoms with Gasteiger partial charge in [-0.2, -0.15) is 0 Å². The summed E-state index contributed by atoms with van der Waals surface area (Å²) >= 11 is 0. The number of alkyl carbamates (subject to hydrolysis) is 1. The Balaban J connectivity index is 1.49. The van der Waals surface area contributed by atoms with Gasteiger partial charge < -0.3 is 20.1 Å². The third-order valence-electron chi connectivity index (χ3n) is 6.52. The summed E-state index contributed by atoms with van der Waals surface area (Å²) in [6, 6.07) is 15.4. The number of hydrogen-bond donors (Lipinski definition) is 2. The lowest BCUT2D eigenvalue weighted by Gasteiger charge is -2.32. The van der Waals surface area contributed by atoms with E-state index in [-0.39, 0.29) is 30.4 Å². The normalized spacial score (nSPS) is 14.4. The van der Waals surface area contributed by atoms with Crippen molar-refractivity contribution in [3.63, 3.8) is 0 Å². The SMILES string of the molecule is CC(CCNC(=O)OCC1c2ccccc2-c2ccccc21)C(=O)N(C)C(CC(C)(C)C)C(=O)O. The second kappa shape index (κ2) is 10.9. The first kappa shape index (κ1) is 26.3. The van der Waals surface area contributed by atoms with Crippen LogP contribution < -0.4 is 5.32 Å². The van der Waals surface area contributed by atoms with Crippen LogP contribution in [-0.2, 0) is 14.3 Å². The topological polar surface area (TPSA) is 95.9 Å². The largest absolute Gasteiger partial charge is 0.480 e. The number of carboxylic acid groups (broad SMARTS) is 1. The third kappa shape index (κ3) is 6.41. The monoisotopic (exact) mass is 480 g/mol. The molecule has 2 unspecified atom stereocenters. The fourth-order valence-corrected chi connectivity index (χ4v) is 4.63. The van der Waals surface area contributed by atoms with E-state index in [1.54, 1.807) is 6.92 Å². The first-order valence-corrected chi connectivity index (χ1v) is 12.1. The minimum atomic E-state index is -1.01. The van der Waals surface area contributed by atoms with Crippen molar-refractivity contribution in [3.8, 4) is 11.1 Å². The first-order chi connectivity index (χ1) is 16.5. The number of carboxylic acids is 1. The lowest BCUT2D eigenvalue weighted by atomic mass is 9.87. The highest BCUT2D eigenvalue weighted by atomic mass is 16.5. The number of hydrogen-bond acceptors (Lipinski definition) is 4. The van der Waals surface area contributed by atoms with Crippen LogP contribution in [0, 0.1) is 11.3 Å². The predicted octanol–water partition coefficient (Wildman–Crippen LogP) is 4.90. The van der Waals surface area contributed by atoms with Crippen LogP contribution in [0.2, 0.25) is 0 Å². The van der Waals surface area contributed by atoms with E-state index in [4.69, 9.17) is 4.74 Å². The average molecular weight is 481 g/mol. The number of aliphatic carboxylic acids is 1. The van der Waals surface area contributed by atoms with E-state index in [1.807, 2.05) is 45.0 Å².